The number of anilines is 1. The number of ether oxygens (including phenoxy) is 1. The molecule has 2 aliphatic heterocycles. The Morgan fingerprint density at radius 1 is 1.14 bits per heavy atom. The Balaban J connectivity index is 1.50. The number of alkyl halides is 2. The van der Waals surface area contributed by atoms with Crippen LogP contribution in [0.25, 0.3) is 0 Å². The Bertz CT molecular complexity index is 768. The van der Waals surface area contributed by atoms with E-state index in [2.05, 4.69) is 37.2 Å². The molecule has 1 aromatic rings. The lowest BCUT2D eigenvalue weighted by atomic mass is 9.81. The van der Waals surface area contributed by atoms with Gasteiger partial charge in [-0.15, -0.1) is 0 Å². The van der Waals surface area contributed by atoms with Crippen LogP contribution in [0.3, 0.4) is 0 Å². The lowest BCUT2D eigenvalue weighted by Gasteiger charge is -2.29. The van der Waals surface area contributed by atoms with Crippen LogP contribution in [-0.4, -0.2) is 46.6 Å². The predicted molar refractivity (Wildman–Crippen MR) is 112 cm³/mol. The molecule has 1 saturated carbocycles. The van der Waals surface area contributed by atoms with Gasteiger partial charge in [-0.1, -0.05) is 37.9 Å². The van der Waals surface area contributed by atoms with Gasteiger partial charge in [0.05, 0.1) is 23.6 Å². The Kier molecular flexibility index (Phi) is 5.90. The van der Waals surface area contributed by atoms with Crippen molar-refractivity contribution < 1.29 is 19.1 Å². The molecule has 0 unspecified atom stereocenters. The molecule has 5 atom stereocenters. The number of carbonyl (C=O) groups is 3. The molecule has 1 aromatic carbocycles. The fourth-order valence-electron chi connectivity index (χ4n) is 4.25. The highest BCUT2D eigenvalue weighted by Crippen LogP contribution is 2.44. The molecule has 0 spiro atoms. The first-order valence-corrected chi connectivity index (χ1v) is 11.4. The first kappa shape index (κ1) is 20.0. The minimum absolute atomic E-state index is 0.0615. The molecule has 3 aliphatic rings. The summed E-state index contributed by atoms with van der Waals surface area (Å²) < 4.78 is 5.52. The molecule has 0 aromatic heterocycles. The van der Waals surface area contributed by atoms with Gasteiger partial charge < -0.3 is 10.1 Å². The highest BCUT2D eigenvalue weighted by atomic mass is 79.9. The van der Waals surface area contributed by atoms with Crippen molar-refractivity contribution in [3.05, 3.63) is 29.8 Å². The summed E-state index contributed by atoms with van der Waals surface area (Å²) in [5.74, 6) is -1.17. The Hall–Kier alpha value is -1.25. The quantitative estimate of drug-likeness (QED) is 0.496. The van der Waals surface area contributed by atoms with Gasteiger partial charge in [-0.05, 0) is 43.9 Å². The first-order valence-electron chi connectivity index (χ1n) is 9.61. The summed E-state index contributed by atoms with van der Waals surface area (Å²) in [5, 5.41) is 2.88. The number of fused-ring (bicyclic) bond motifs is 1. The number of hydrogen-bond acceptors (Lipinski definition) is 4. The molecule has 3 amide bonds. The van der Waals surface area contributed by atoms with Crippen molar-refractivity contribution in [3.8, 4) is 0 Å². The Morgan fingerprint density at radius 2 is 1.82 bits per heavy atom. The van der Waals surface area contributed by atoms with Crippen molar-refractivity contribution >= 4 is 55.3 Å². The summed E-state index contributed by atoms with van der Waals surface area (Å²) in [6.07, 6.45) is 3.28. The summed E-state index contributed by atoms with van der Waals surface area (Å²) in [6.45, 7) is 1.20. The Morgan fingerprint density at radius 3 is 2.43 bits per heavy atom. The standard InChI is InChI=1S/C20H22Br2N2O4/c21-16-8-14-15(9-17(16)22)20(27)24(19(14)26)12-4-1-3-11(7-12)18(25)23-10-13-5-2-6-28-13/h1,3-4,7,13-17H,2,5-6,8-10H2,(H,23,25)/t13-,14+,15+,16-,17-/m0/s1. The number of carbonyl (C=O) groups excluding carboxylic acids is 3. The van der Waals surface area contributed by atoms with E-state index >= 15 is 0 Å². The summed E-state index contributed by atoms with van der Waals surface area (Å²) in [6, 6.07) is 6.73. The molecule has 150 valence electrons. The topological polar surface area (TPSA) is 75.7 Å². The average Bonchev–Trinajstić information content (AvgIpc) is 3.28. The van der Waals surface area contributed by atoms with Crippen LogP contribution in [0.4, 0.5) is 5.69 Å². The largest absolute Gasteiger partial charge is 0.376 e. The zero-order chi connectivity index (χ0) is 19.8. The molecular weight excluding hydrogens is 492 g/mol. The molecule has 0 bridgehead atoms. The smallest absolute Gasteiger partial charge is 0.251 e. The van der Waals surface area contributed by atoms with Crippen molar-refractivity contribution in [2.75, 3.05) is 18.1 Å². The van der Waals surface area contributed by atoms with E-state index in [0.717, 1.165) is 19.4 Å². The number of nitrogens with one attached hydrogen (secondary N) is 1. The minimum atomic E-state index is -0.303. The van der Waals surface area contributed by atoms with Gasteiger partial charge in [0.25, 0.3) is 5.91 Å². The maximum Gasteiger partial charge on any atom is 0.251 e. The van der Waals surface area contributed by atoms with Crippen molar-refractivity contribution in [3.63, 3.8) is 0 Å². The fraction of sp³-hybridized carbons (Fsp3) is 0.550. The van der Waals surface area contributed by atoms with Crippen LogP contribution in [0.5, 0.6) is 0 Å². The minimum Gasteiger partial charge on any atom is -0.376 e. The number of hydrogen-bond donors (Lipinski definition) is 1. The molecule has 1 N–H and O–H groups in total. The third-order valence-electron chi connectivity index (χ3n) is 5.79. The number of benzene rings is 1. The second-order valence-electron chi connectivity index (χ2n) is 7.62. The number of imide groups is 1. The number of halogens is 2. The van der Waals surface area contributed by atoms with Crippen LogP contribution in [0.1, 0.15) is 36.0 Å². The van der Waals surface area contributed by atoms with Crippen LogP contribution in [0, 0.1) is 11.8 Å². The van der Waals surface area contributed by atoms with Crippen LogP contribution >= 0.6 is 31.9 Å². The molecule has 2 heterocycles. The second-order valence-corrected chi connectivity index (χ2v) is 9.98. The monoisotopic (exact) mass is 512 g/mol. The van der Waals surface area contributed by atoms with E-state index in [4.69, 9.17) is 4.74 Å². The number of nitrogens with zero attached hydrogens (tertiary/aromatic N) is 1. The second kappa shape index (κ2) is 8.24. The SMILES string of the molecule is O=C(NC[C@@H]1CCCO1)c1cccc(N2C(=O)[C@@H]3C[C@H](Br)[C@@H](Br)C[C@H]3C2=O)c1. The van der Waals surface area contributed by atoms with Crippen LogP contribution in [0.15, 0.2) is 24.3 Å². The first-order chi connectivity index (χ1) is 13.5. The molecule has 4 rings (SSSR count). The van der Waals surface area contributed by atoms with Crippen LogP contribution in [-0.2, 0) is 14.3 Å². The molecule has 0 radical (unpaired) electrons. The predicted octanol–water partition coefficient (Wildman–Crippen LogP) is 3.02. The van der Waals surface area contributed by atoms with Crippen molar-refractivity contribution in [1.82, 2.24) is 5.32 Å². The zero-order valence-electron chi connectivity index (χ0n) is 15.3. The van der Waals surface area contributed by atoms with Gasteiger partial charge in [0, 0.05) is 28.4 Å². The fourth-order valence-corrected chi connectivity index (χ4v) is 5.49. The van der Waals surface area contributed by atoms with Crippen molar-refractivity contribution in [2.45, 2.75) is 41.4 Å². The summed E-state index contributed by atoms with van der Waals surface area (Å²) in [4.78, 5) is 40.0. The molecular formula is C20H22Br2N2O4. The van der Waals surface area contributed by atoms with E-state index in [1.54, 1.807) is 24.3 Å². The number of amides is 3. The van der Waals surface area contributed by atoms with E-state index in [9.17, 15) is 14.4 Å². The van der Waals surface area contributed by atoms with Crippen molar-refractivity contribution in [2.24, 2.45) is 11.8 Å². The van der Waals surface area contributed by atoms with Gasteiger partial charge >= 0.3 is 0 Å². The maximum atomic E-state index is 12.9. The normalized spacial score (nSPS) is 32.5. The number of rotatable bonds is 4. The zero-order valence-corrected chi connectivity index (χ0v) is 18.4. The van der Waals surface area contributed by atoms with E-state index < -0.39 is 0 Å². The van der Waals surface area contributed by atoms with Gasteiger partial charge in [-0.3, -0.25) is 19.3 Å². The van der Waals surface area contributed by atoms with Gasteiger partial charge in [-0.25, -0.2) is 0 Å². The van der Waals surface area contributed by atoms with Crippen LogP contribution < -0.4 is 10.2 Å². The molecule has 3 fully saturated rings. The lowest BCUT2D eigenvalue weighted by Crippen LogP contribution is -2.34. The highest BCUT2D eigenvalue weighted by molar-refractivity contribution is 9.12. The van der Waals surface area contributed by atoms with E-state index in [-0.39, 0.29) is 45.3 Å². The maximum absolute atomic E-state index is 12.9. The third kappa shape index (κ3) is 3.78. The summed E-state index contributed by atoms with van der Waals surface area (Å²) in [7, 11) is 0. The van der Waals surface area contributed by atoms with Crippen LogP contribution in [0.2, 0.25) is 0 Å². The van der Waals surface area contributed by atoms with Gasteiger partial charge in [0.1, 0.15) is 0 Å². The van der Waals surface area contributed by atoms with Gasteiger partial charge in [0.15, 0.2) is 0 Å². The highest BCUT2D eigenvalue weighted by Gasteiger charge is 2.52. The van der Waals surface area contributed by atoms with E-state index in [1.807, 2.05) is 0 Å². The molecule has 6 nitrogen and oxygen atoms in total. The van der Waals surface area contributed by atoms with E-state index in [0.29, 0.717) is 30.6 Å². The van der Waals surface area contributed by atoms with Gasteiger partial charge in [-0.2, -0.15) is 0 Å². The summed E-state index contributed by atoms with van der Waals surface area (Å²) in [5.41, 5.74) is 0.897. The molecule has 28 heavy (non-hydrogen) atoms. The van der Waals surface area contributed by atoms with Crippen molar-refractivity contribution in [1.29, 1.82) is 0 Å². The third-order valence-corrected chi connectivity index (χ3v) is 8.53. The average molecular weight is 514 g/mol. The molecule has 2 saturated heterocycles. The van der Waals surface area contributed by atoms with Gasteiger partial charge in [0.2, 0.25) is 11.8 Å². The summed E-state index contributed by atoms with van der Waals surface area (Å²) >= 11 is 7.19. The van der Waals surface area contributed by atoms with E-state index in [1.165, 1.54) is 4.90 Å². The molecule has 8 heteroatoms. The molecule has 1 aliphatic carbocycles. The lowest BCUT2D eigenvalue weighted by molar-refractivity contribution is -0.122. The Labute approximate surface area is 180 Å².